The van der Waals surface area contributed by atoms with E-state index in [0.29, 0.717) is 10.7 Å². The van der Waals surface area contributed by atoms with Crippen LogP contribution in [0.15, 0.2) is 54.6 Å². The molecule has 1 heterocycles. The fraction of sp³-hybridized carbons (Fsp3) is 0.111. The molecule has 0 aliphatic heterocycles. The van der Waals surface area contributed by atoms with Gasteiger partial charge in [-0.2, -0.15) is 13.2 Å². The van der Waals surface area contributed by atoms with Crippen LogP contribution in [0.1, 0.15) is 21.6 Å². The second-order valence-electron chi connectivity index (χ2n) is 5.60. The minimum absolute atomic E-state index is 0.102. The van der Waals surface area contributed by atoms with E-state index in [1.807, 2.05) is 0 Å². The van der Waals surface area contributed by atoms with Crippen LogP contribution >= 0.6 is 11.6 Å². The lowest BCUT2D eigenvalue weighted by atomic mass is 10.1. The van der Waals surface area contributed by atoms with Crippen LogP contribution in [0.4, 0.5) is 19.0 Å². The Morgan fingerprint density at radius 3 is 2.54 bits per heavy atom. The van der Waals surface area contributed by atoms with Crippen molar-refractivity contribution in [3.05, 3.63) is 76.4 Å². The number of aryl methyl sites for hydroxylation is 1. The lowest BCUT2D eigenvalue weighted by Crippen LogP contribution is -2.14. The molecule has 0 aliphatic carbocycles. The van der Waals surface area contributed by atoms with E-state index in [0.717, 1.165) is 17.8 Å². The first-order valence-electron chi connectivity index (χ1n) is 7.55. The molecule has 4 nitrogen and oxygen atoms in total. The van der Waals surface area contributed by atoms with Crippen molar-refractivity contribution in [3.8, 4) is 5.69 Å². The number of nitrogens with zero attached hydrogens (tertiary/aromatic N) is 2. The Morgan fingerprint density at radius 1 is 1.12 bits per heavy atom. The summed E-state index contributed by atoms with van der Waals surface area (Å²) < 4.78 is 39.9. The molecule has 1 N–H and O–H groups in total. The minimum atomic E-state index is -4.51. The summed E-state index contributed by atoms with van der Waals surface area (Å²) in [4.78, 5) is 12.3. The fourth-order valence-corrected chi connectivity index (χ4v) is 2.61. The largest absolute Gasteiger partial charge is 0.416 e. The molecule has 8 heteroatoms. The number of aromatic nitrogens is 2. The van der Waals surface area contributed by atoms with E-state index in [-0.39, 0.29) is 11.4 Å². The molecule has 0 aliphatic rings. The number of carbonyl (C=O) groups is 1. The van der Waals surface area contributed by atoms with Crippen LogP contribution in [0.25, 0.3) is 5.69 Å². The molecular formula is C18H13ClF3N3O. The highest BCUT2D eigenvalue weighted by Crippen LogP contribution is 2.29. The van der Waals surface area contributed by atoms with Gasteiger partial charge in [-0.1, -0.05) is 23.7 Å². The third-order valence-electron chi connectivity index (χ3n) is 3.63. The standard InChI is InChI=1S/C18H13ClF3N3O/c1-11-8-16(24-25(11)15-7-3-6-14(19)10-15)23-17(26)12-4-2-5-13(9-12)18(20,21)22/h2-10H,1H3,(H,23,24,26). The number of carbonyl (C=O) groups excluding carboxylic acids is 1. The van der Waals surface area contributed by atoms with Crippen molar-refractivity contribution < 1.29 is 18.0 Å². The minimum Gasteiger partial charge on any atom is -0.305 e. The summed E-state index contributed by atoms with van der Waals surface area (Å²) in [7, 11) is 0. The van der Waals surface area contributed by atoms with E-state index in [1.54, 1.807) is 41.9 Å². The first-order valence-corrected chi connectivity index (χ1v) is 7.93. The van der Waals surface area contributed by atoms with Crippen LogP contribution < -0.4 is 5.32 Å². The van der Waals surface area contributed by atoms with Gasteiger partial charge in [-0.05, 0) is 43.3 Å². The zero-order valence-electron chi connectivity index (χ0n) is 13.5. The van der Waals surface area contributed by atoms with Gasteiger partial charge in [0.2, 0.25) is 0 Å². The average Bonchev–Trinajstić information content (AvgIpc) is 2.94. The highest BCUT2D eigenvalue weighted by atomic mass is 35.5. The van der Waals surface area contributed by atoms with E-state index < -0.39 is 17.6 Å². The summed E-state index contributed by atoms with van der Waals surface area (Å²) in [5.74, 6) is -0.447. The Balaban J connectivity index is 1.84. The molecular weight excluding hydrogens is 367 g/mol. The average molecular weight is 380 g/mol. The normalized spacial score (nSPS) is 11.4. The molecule has 0 saturated carbocycles. The Hall–Kier alpha value is -2.80. The molecule has 1 aromatic heterocycles. The van der Waals surface area contributed by atoms with Gasteiger partial charge in [0.05, 0.1) is 11.3 Å². The highest BCUT2D eigenvalue weighted by Gasteiger charge is 2.30. The quantitative estimate of drug-likeness (QED) is 0.687. The van der Waals surface area contributed by atoms with Gasteiger partial charge in [-0.15, -0.1) is 5.10 Å². The van der Waals surface area contributed by atoms with Crippen LogP contribution in [0.3, 0.4) is 0 Å². The van der Waals surface area contributed by atoms with Crippen LogP contribution in [0, 0.1) is 6.92 Å². The van der Waals surface area contributed by atoms with Gasteiger partial charge in [0, 0.05) is 22.3 Å². The summed E-state index contributed by atoms with van der Waals surface area (Å²) in [6.07, 6.45) is -4.51. The molecule has 3 aromatic rings. The van der Waals surface area contributed by atoms with Crippen LogP contribution in [0.5, 0.6) is 0 Å². The molecule has 134 valence electrons. The van der Waals surface area contributed by atoms with E-state index in [4.69, 9.17) is 11.6 Å². The lowest BCUT2D eigenvalue weighted by molar-refractivity contribution is -0.137. The molecule has 0 spiro atoms. The number of rotatable bonds is 3. The van der Waals surface area contributed by atoms with Crippen molar-refractivity contribution in [3.63, 3.8) is 0 Å². The van der Waals surface area contributed by atoms with Gasteiger partial charge in [0.1, 0.15) is 0 Å². The molecule has 0 bridgehead atoms. The third-order valence-corrected chi connectivity index (χ3v) is 3.87. The summed E-state index contributed by atoms with van der Waals surface area (Å²) in [5.41, 5.74) is 0.446. The highest BCUT2D eigenvalue weighted by molar-refractivity contribution is 6.30. The Labute approximate surface area is 152 Å². The maximum absolute atomic E-state index is 12.8. The van der Waals surface area contributed by atoms with Crippen molar-refractivity contribution in [1.29, 1.82) is 0 Å². The van der Waals surface area contributed by atoms with Gasteiger partial charge in [0.25, 0.3) is 5.91 Å². The van der Waals surface area contributed by atoms with Gasteiger partial charge in [-0.3, -0.25) is 4.79 Å². The molecule has 0 unspecified atom stereocenters. The van der Waals surface area contributed by atoms with Crippen molar-refractivity contribution in [2.75, 3.05) is 5.32 Å². The number of alkyl halides is 3. The zero-order valence-corrected chi connectivity index (χ0v) is 14.3. The van der Waals surface area contributed by atoms with Crippen molar-refractivity contribution in [2.45, 2.75) is 13.1 Å². The topological polar surface area (TPSA) is 46.9 Å². The molecule has 0 fully saturated rings. The first kappa shape index (κ1) is 18.0. The number of anilines is 1. The molecule has 3 rings (SSSR count). The molecule has 1 amide bonds. The maximum Gasteiger partial charge on any atom is 0.416 e. The fourth-order valence-electron chi connectivity index (χ4n) is 2.43. The van der Waals surface area contributed by atoms with Crippen LogP contribution in [-0.4, -0.2) is 15.7 Å². The number of hydrogen-bond acceptors (Lipinski definition) is 2. The monoisotopic (exact) mass is 379 g/mol. The molecule has 0 radical (unpaired) electrons. The lowest BCUT2D eigenvalue weighted by Gasteiger charge is -2.08. The first-order chi connectivity index (χ1) is 12.2. The smallest absolute Gasteiger partial charge is 0.305 e. The van der Waals surface area contributed by atoms with Crippen molar-refractivity contribution >= 4 is 23.3 Å². The SMILES string of the molecule is Cc1cc(NC(=O)c2cccc(C(F)(F)F)c2)nn1-c1cccc(Cl)c1. The number of amides is 1. The van der Waals surface area contributed by atoms with E-state index in [9.17, 15) is 18.0 Å². The third kappa shape index (κ3) is 3.88. The van der Waals surface area contributed by atoms with Crippen LogP contribution in [0.2, 0.25) is 5.02 Å². The van der Waals surface area contributed by atoms with Gasteiger partial charge in [0.15, 0.2) is 5.82 Å². The van der Waals surface area contributed by atoms with E-state index in [1.165, 1.54) is 12.1 Å². The summed E-state index contributed by atoms with van der Waals surface area (Å²) in [5, 5.41) is 7.31. The van der Waals surface area contributed by atoms with Gasteiger partial charge in [-0.25, -0.2) is 4.68 Å². The summed E-state index contributed by atoms with van der Waals surface area (Å²) >= 11 is 5.97. The predicted molar refractivity (Wildman–Crippen MR) is 92.7 cm³/mol. The Bertz CT molecular complexity index is 966. The predicted octanol–water partition coefficient (Wildman–Crippen LogP) is 5.11. The summed E-state index contributed by atoms with van der Waals surface area (Å²) in [6, 6.07) is 12.8. The maximum atomic E-state index is 12.8. The second-order valence-corrected chi connectivity index (χ2v) is 6.03. The number of nitrogens with one attached hydrogen (secondary N) is 1. The van der Waals surface area contributed by atoms with Gasteiger partial charge < -0.3 is 5.32 Å². The van der Waals surface area contributed by atoms with Crippen molar-refractivity contribution in [2.24, 2.45) is 0 Å². The molecule has 2 aromatic carbocycles. The second kappa shape index (κ2) is 6.84. The van der Waals surface area contributed by atoms with E-state index in [2.05, 4.69) is 10.4 Å². The molecule has 0 saturated heterocycles. The van der Waals surface area contributed by atoms with E-state index >= 15 is 0 Å². The van der Waals surface area contributed by atoms with Crippen molar-refractivity contribution in [1.82, 2.24) is 9.78 Å². The Kier molecular flexibility index (Phi) is 4.73. The van der Waals surface area contributed by atoms with Crippen LogP contribution in [-0.2, 0) is 6.18 Å². The summed E-state index contributed by atoms with van der Waals surface area (Å²) in [6.45, 7) is 1.79. The number of hydrogen-bond donors (Lipinski definition) is 1. The number of halogens is 4. The zero-order chi connectivity index (χ0) is 18.9. The number of benzene rings is 2. The Morgan fingerprint density at radius 2 is 1.85 bits per heavy atom. The molecule has 26 heavy (non-hydrogen) atoms. The van der Waals surface area contributed by atoms with Gasteiger partial charge >= 0.3 is 6.18 Å². The molecule has 0 atom stereocenters.